The summed E-state index contributed by atoms with van der Waals surface area (Å²) in [5, 5.41) is 16.4. The molecule has 8 nitrogen and oxygen atoms in total. The van der Waals surface area contributed by atoms with Crippen LogP contribution >= 0.6 is 0 Å². The molecule has 2 N–H and O–H groups in total. The smallest absolute Gasteiger partial charge is 0.481 e. The molecule has 2 atom stereocenters. The SMILES string of the molecule is C[C@H](Nc1ccc(F)c(-n2nc(C(F)(F)F)c3c2[C@H](OC24CC(C(=O)O)(C2)C4)CCC3)c1)c1ccc2c(c1)OC(F)(F)O2. The van der Waals surface area contributed by atoms with E-state index in [2.05, 4.69) is 19.9 Å². The maximum Gasteiger partial charge on any atom is 0.586 e. The van der Waals surface area contributed by atoms with E-state index in [0.717, 1.165) is 10.7 Å². The van der Waals surface area contributed by atoms with E-state index in [0.29, 0.717) is 24.1 Å². The summed E-state index contributed by atoms with van der Waals surface area (Å²) >= 11 is 0. The molecule has 3 aromatic rings. The number of hydrogen-bond acceptors (Lipinski definition) is 6. The van der Waals surface area contributed by atoms with Crippen molar-refractivity contribution in [3.05, 3.63) is 64.7 Å². The molecule has 0 unspecified atom stereocenters. The van der Waals surface area contributed by atoms with Crippen LogP contribution in [0.2, 0.25) is 0 Å². The van der Waals surface area contributed by atoms with Crippen molar-refractivity contribution in [1.29, 1.82) is 0 Å². The largest absolute Gasteiger partial charge is 0.586 e. The summed E-state index contributed by atoms with van der Waals surface area (Å²) in [6.45, 7) is 1.72. The molecule has 5 aliphatic rings. The van der Waals surface area contributed by atoms with Crippen molar-refractivity contribution in [2.75, 3.05) is 5.32 Å². The van der Waals surface area contributed by atoms with Crippen molar-refractivity contribution in [3.8, 4) is 17.2 Å². The van der Waals surface area contributed by atoms with E-state index < -0.39 is 53.1 Å². The first-order valence-corrected chi connectivity index (χ1v) is 13.7. The van der Waals surface area contributed by atoms with Gasteiger partial charge in [-0.3, -0.25) is 4.79 Å². The van der Waals surface area contributed by atoms with Crippen LogP contribution in [0.15, 0.2) is 36.4 Å². The molecule has 228 valence electrons. The lowest BCUT2D eigenvalue weighted by Gasteiger charge is -2.67. The highest BCUT2D eigenvalue weighted by atomic mass is 19.4. The highest BCUT2D eigenvalue weighted by Crippen LogP contribution is 2.70. The molecule has 2 bridgehead atoms. The summed E-state index contributed by atoms with van der Waals surface area (Å²) in [5.41, 5.74) is -2.00. The van der Waals surface area contributed by atoms with Gasteiger partial charge in [-0.1, -0.05) is 6.07 Å². The van der Waals surface area contributed by atoms with Crippen LogP contribution in [-0.2, 0) is 22.1 Å². The molecule has 2 heterocycles. The van der Waals surface area contributed by atoms with Gasteiger partial charge in [0.05, 0.1) is 16.7 Å². The summed E-state index contributed by atoms with van der Waals surface area (Å²) in [6, 6.07) is 7.57. The van der Waals surface area contributed by atoms with E-state index in [9.17, 15) is 31.9 Å². The Balaban J connectivity index is 1.20. The number of carbonyl (C=O) groups is 1. The lowest BCUT2D eigenvalue weighted by molar-refractivity contribution is -0.300. The van der Waals surface area contributed by atoms with Crippen LogP contribution in [0.25, 0.3) is 5.69 Å². The highest BCUT2D eigenvalue weighted by Gasteiger charge is 2.73. The Bertz CT molecular complexity index is 1630. The number of fused-ring (bicyclic) bond motifs is 2. The zero-order chi connectivity index (χ0) is 30.5. The number of anilines is 1. The Kier molecular flexibility index (Phi) is 5.86. The first-order valence-electron chi connectivity index (χ1n) is 13.7. The molecule has 3 saturated carbocycles. The van der Waals surface area contributed by atoms with Gasteiger partial charge in [-0.25, -0.2) is 9.07 Å². The van der Waals surface area contributed by atoms with Crippen LogP contribution in [0.5, 0.6) is 11.5 Å². The Morgan fingerprint density at radius 1 is 1.14 bits per heavy atom. The van der Waals surface area contributed by atoms with Crippen LogP contribution in [0.4, 0.5) is 32.0 Å². The average Bonchev–Trinajstić information content (AvgIpc) is 3.42. The predicted molar refractivity (Wildman–Crippen MR) is 137 cm³/mol. The van der Waals surface area contributed by atoms with Gasteiger partial charge in [0.1, 0.15) is 17.6 Å². The number of aliphatic carboxylic acids is 1. The molecule has 8 rings (SSSR count). The number of hydrogen-bond donors (Lipinski definition) is 2. The van der Waals surface area contributed by atoms with Crippen LogP contribution in [0.1, 0.15) is 73.7 Å². The van der Waals surface area contributed by atoms with E-state index in [-0.39, 0.29) is 54.1 Å². The van der Waals surface area contributed by atoms with E-state index in [1.807, 2.05) is 0 Å². The molecular formula is C29H25F6N3O5. The third-order valence-electron chi connectivity index (χ3n) is 8.80. The van der Waals surface area contributed by atoms with Crippen molar-refractivity contribution in [3.63, 3.8) is 0 Å². The fraction of sp³-hybridized carbons (Fsp3) is 0.448. The van der Waals surface area contributed by atoms with Gasteiger partial charge >= 0.3 is 18.4 Å². The summed E-state index contributed by atoms with van der Waals surface area (Å²) in [4.78, 5) is 11.6. The normalized spacial score (nSPS) is 27.1. The first kappa shape index (κ1) is 27.9. The second-order valence-electron chi connectivity index (χ2n) is 11.8. The molecule has 43 heavy (non-hydrogen) atoms. The predicted octanol–water partition coefficient (Wildman–Crippen LogP) is 6.93. The monoisotopic (exact) mass is 609 g/mol. The fourth-order valence-electron chi connectivity index (χ4n) is 6.85. The second kappa shape index (κ2) is 9.04. The van der Waals surface area contributed by atoms with Gasteiger partial charge in [0, 0.05) is 17.3 Å². The molecule has 0 spiro atoms. The maximum atomic E-state index is 15.3. The number of ether oxygens (including phenoxy) is 3. The van der Waals surface area contributed by atoms with Gasteiger partial charge in [0.25, 0.3) is 0 Å². The number of rotatable bonds is 7. The third kappa shape index (κ3) is 4.48. The zero-order valence-corrected chi connectivity index (χ0v) is 22.6. The Labute approximate surface area is 240 Å². The minimum atomic E-state index is -4.79. The molecular weight excluding hydrogens is 584 g/mol. The number of nitrogens with zero attached hydrogens (tertiary/aromatic N) is 2. The van der Waals surface area contributed by atoms with Crippen molar-refractivity contribution in [1.82, 2.24) is 9.78 Å². The lowest BCUT2D eigenvalue weighted by atomic mass is 9.41. The van der Waals surface area contributed by atoms with Crippen LogP contribution < -0.4 is 14.8 Å². The zero-order valence-electron chi connectivity index (χ0n) is 22.6. The molecule has 0 radical (unpaired) electrons. The van der Waals surface area contributed by atoms with E-state index >= 15 is 4.39 Å². The molecule has 14 heteroatoms. The van der Waals surface area contributed by atoms with Gasteiger partial charge in [-0.2, -0.15) is 18.3 Å². The number of benzene rings is 2. The standard InChI is InChI=1S/C29H25F6N3O5/c1-14(15-5-8-20-22(9-15)43-29(34,35)42-20)36-16-6-7-18(30)19(10-16)38-23-17(24(37-38)28(31,32)33)3-2-4-21(23)41-27-11-26(12-27,13-27)25(39)40/h5-10,14,21,36H,2-4,11-13H2,1H3,(H,39,40)/t14-,21+,26?,27?/m0/s1. The number of nitrogens with one attached hydrogen (secondary N) is 1. The molecule has 1 aliphatic heterocycles. The number of carboxylic acids is 1. The number of alkyl halides is 5. The lowest BCUT2D eigenvalue weighted by Crippen LogP contribution is -2.71. The van der Waals surface area contributed by atoms with Gasteiger partial charge in [0.2, 0.25) is 0 Å². The van der Waals surface area contributed by atoms with E-state index in [1.165, 1.54) is 24.3 Å². The van der Waals surface area contributed by atoms with Crippen molar-refractivity contribution < 1.29 is 50.5 Å². The minimum Gasteiger partial charge on any atom is -0.481 e. The summed E-state index contributed by atoms with van der Waals surface area (Å²) in [7, 11) is 0. The summed E-state index contributed by atoms with van der Waals surface area (Å²) in [6.07, 6.45) is -7.71. The summed E-state index contributed by atoms with van der Waals surface area (Å²) < 4.78 is 101. The number of aromatic nitrogens is 2. The van der Waals surface area contributed by atoms with Gasteiger partial charge in [0.15, 0.2) is 17.2 Å². The van der Waals surface area contributed by atoms with Crippen LogP contribution in [-0.4, -0.2) is 32.8 Å². The molecule has 4 aliphatic carbocycles. The number of carboxylic acid groups (broad SMARTS) is 1. The molecule has 3 fully saturated rings. The average molecular weight is 610 g/mol. The highest BCUT2D eigenvalue weighted by molar-refractivity contribution is 5.80. The second-order valence-corrected chi connectivity index (χ2v) is 11.8. The maximum absolute atomic E-state index is 15.3. The van der Waals surface area contributed by atoms with Crippen LogP contribution in [0.3, 0.4) is 0 Å². The summed E-state index contributed by atoms with van der Waals surface area (Å²) in [5.74, 6) is -2.00. The van der Waals surface area contributed by atoms with Crippen LogP contribution in [0, 0.1) is 11.2 Å². The van der Waals surface area contributed by atoms with E-state index in [1.54, 1.807) is 13.0 Å². The van der Waals surface area contributed by atoms with Crippen molar-refractivity contribution in [2.24, 2.45) is 5.41 Å². The first-order chi connectivity index (χ1) is 20.2. The van der Waals surface area contributed by atoms with Crippen molar-refractivity contribution in [2.45, 2.75) is 75.7 Å². The molecule has 1 aromatic heterocycles. The molecule has 0 saturated heterocycles. The number of halogens is 6. The topological polar surface area (TPSA) is 94.8 Å². The molecule has 0 amide bonds. The molecule has 2 aromatic carbocycles. The fourth-order valence-corrected chi connectivity index (χ4v) is 6.85. The Morgan fingerprint density at radius 2 is 1.86 bits per heavy atom. The van der Waals surface area contributed by atoms with Gasteiger partial charge < -0.3 is 24.6 Å². The van der Waals surface area contributed by atoms with Gasteiger partial charge in [-0.15, -0.1) is 8.78 Å². The van der Waals surface area contributed by atoms with Gasteiger partial charge in [-0.05, 0) is 81.3 Å². The Morgan fingerprint density at radius 3 is 2.56 bits per heavy atom. The Hall–Kier alpha value is -3.94. The quantitative estimate of drug-likeness (QED) is 0.281. The minimum absolute atomic E-state index is 0.0633. The van der Waals surface area contributed by atoms with Crippen molar-refractivity contribution >= 4 is 11.7 Å². The third-order valence-corrected chi connectivity index (χ3v) is 8.80. The van der Waals surface area contributed by atoms with E-state index in [4.69, 9.17) is 4.74 Å².